The lowest BCUT2D eigenvalue weighted by molar-refractivity contribution is 0.0755. The number of H-pyrrole nitrogens is 1. The molecule has 0 bridgehead atoms. The van der Waals surface area contributed by atoms with Crippen LogP contribution in [-0.4, -0.2) is 66.2 Å². The fraction of sp³-hybridized carbons (Fsp3) is 0.474. The molecule has 26 heavy (non-hydrogen) atoms. The van der Waals surface area contributed by atoms with E-state index in [9.17, 15) is 4.79 Å². The van der Waals surface area contributed by atoms with E-state index >= 15 is 0 Å². The Hall–Kier alpha value is -2.54. The lowest BCUT2D eigenvalue weighted by atomic mass is 10.2. The highest BCUT2D eigenvalue weighted by Gasteiger charge is 2.25. The number of hydrogen-bond acceptors (Lipinski definition) is 5. The lowest BCUT2D eigenvalue weighted by Gasteiger charge is -2.25. The average Bonchev–Trinajstić information content (AvgIpc) is 3.29. The van der Waals surface area contributed by atoms with Crippen LogP contribution in [0.15, 0.2) is 30.3 Å². The first-order valence-electron chi connectivity index (χ1n) is 8.83. The van der Waals surface area contributed by atoms with E-state index in [1.54, 1.807) is 18.1 Å². The third-order valence-electron chi connectivity index (χ3n) is 4.79. The number of likely N-dealkylation sites (tertiary alicyclic amines) is 1. The van der Waals surface area contributed by atoms with Crippen molar-refractivity contribution in [1.82, 2.24) is 20.0 Å². The number of likely N-dealkylation sites (N-methyl/N-ethyl adjacent to an activating group) is 2. The maximum Gasteiger partial charge on any atom is 0.274 e. The van der Waals surface area contributed by atoms with Crippen LogP contribution in [0, 0.1) is 0 Å². The molecule has 1 fully saturated rings. The third-order valence-corrected chi connectivity index (χ3v) is 4.79. The Kier molecular flexibility index (Phi) is 5.78. The molecule has 140 valence electrons. The molecule has 2 aromatic rings. The van der Waals surface area contributed by atoms with Gasteiger partial charge in [0.25, 0.3) is 5.91 Å². The van der Waals surface area contributed by atoms with Gasteiger partial charge in [-0.2, -0.15) is 5.10 Å². The average molecular weight is 358 g/mol. The van der Waals surface area contributed by atoms with Crippen LogP contribution in [0.3, 0.4) is 0 Å². The van der Waals surface area contributed by atoms with Crippen molar-refractivity contribution in [1.29, 1.82) is 0 Å². The van der Waals surface area contributed by atoms with Crippen molar-refractivity contribution in [3.05, 3.63) is 41.7 Å². The molecule has 1 aliphatic heterocycles. The zero-order valence-electron chi connectivity index (χ0n) is 15.6. The Balaban J connectivity index is 1.55. The first-order valence-corrected chi connectivity index (χ1v) is 8.83. The summed E-state index contributed by atoms with van der Waals surface area (Å²) in [6.45, 7) is 2.13. The fourth-order valence-electron chi connectivity index (χ4n) is 3.20. The van der Waals surface area contributed by atoms with Gasteiger partial charge in [-0.05, 0) is 44.6 Å². The molecule has 1 aromatic carbocycles. The van der Waals surface area contributed by atoms with Gasteiger partial charge in [0.2, 0.25) is 0 Å². The van der Waals surface area contributed by atoms with Gasteiger partial charge in [0, 0.05) is 25.7 Å². The van der Waals surface area contributed by atoms with Crippen molar-refractivity contribution in [3.63, 3.8) is 0 Å². The van der Waals surface area contributed by atoms with Gasteiger partial charge in [0.15, 0.2) is 5.69 Å². The van der Waals surface area contributed by atoms with Crippen LogP contribution in [0.25, 0.3) is 0 Å². The van der Waals surface area contributed by atoms with Gasteiger partial charge in [-0.1, -0.05) is 6.07 Å². The minimum absolute atomic E-state index is 0.0748. The summed E-state index contributed by atoms with van der Waals surface area (Å²) in [5, 5.41) is 7.02. The number of aromatic amines is 1. The molecule has 7 nitrogen and oxygen atoms in total. The smallest absolute Gasteiger partial charge is 0.274 e. The molecule has 1 aromatic heterocycles. The van der Waals surface area contributed by atoms with Crippen LogP contribution in [0.2, 0.25) is 0 Å². The summed E-state index contributed by atoms with van der Waals surface area (Å²) in [5.41, 5.74) is 1.17. The van der Waals surface area contributed by atoms with Crippen molar-refractivity contribution in [2.75, 3.05) is 34.3 Å². The summed E-state index contributed by atoms with van der Waals surface area (Å²) in [4.78, 5) is 16.6. The number of amides is 1. The Morgan fingerprint density at radius 2 is 2.19 bits per heavy atom. The molecule has 1 aliphatic rings. The Bertz CT molecular complexity index is 746. The molecular formula is C19H26N4O3. The van der Waals surface area contributed by atoms with Gasteiger partial charge in [0.05, 0.1) is 12.8 Å². The molecule has 0 saturated carbocycles. The number of aromatic nitrogens is 2. The molecule has 2 heterocycles. The number of nitrogens with one attached hydrogen (secondary N) is 1. The van der Waals surface area contributed by atoms with E-state index in [1.807, 2.05) is 31.3 Å². The SMILES string of the molecule is COc1cccc(OCc2cc(C(=O)N(C)CC3CCCN3C)n[nH]2)c1. The lowest BCUT2D eigenvalue weighted by Crippen LogP contribution is -2.39. The highest BCUT2D eigenvalue weighted by atomic mass is 16.5. The van der Waals surface area contributed by atoms with Crippen molar-refractivity contribution in [2.45, 2.75) is 25.5 Å². The van der Waals surface area contributed by atoms with E-state index in [0.29, 0.717) is 24.1 Å². The number of ether oxygens (including phenoxy) is 2. The van der Waals surface area contributed by atoms with Gasteiger partial charge >= 0.3 is 0 Å². The predicted molar refractivity (Wildman–Crippen MR) is 98.5 cm³/mol. The van der Waals surface area contributed by atoms with Gasteiger partial charge in [-0.3, -0.25) is 9.89 Å². The summed E-state index contributed by atoms with van der Waals surface area (Å²) in [7, 11) is 5.56. The summed E-state index contributed by atoms with van der Waals surface area (Å²) in [5.74, 6) is 1.36. The van der Waals surface area contributed by atoms with Crippen molar-refractivity contribution >= 4 is 5.91 Å². The van der Waals surface area contributed by atoms with Crippen LogP contribution in [0.5, 0.6) is 11.5 Å². The zero-order chi connectivity index (χ0) is 18.5. The Morgan fingerprint density at radius 3 is 2.92 bits per heavy atom. The number of benzene rings is 1. The van der Waals surface area contributed by atoms with Crippen molar-refractivity contribution in [2.24, 2.45) is 0 Å². The standard InChI is InChI=1S/C19H26N4O3/c1-22-9-5-6-15(22)12-23(2)19(24)18-10-14(20-21-18)13-26-17-8-4-7-16(11-17)25-3/h4,7-8,10-11,15H,5-6,9,12-13H2,1-3H3,(H,20,21). The monoisotopic (exact) mass is 358 g/mol. The molecule has 1 N–H and O–H groups in total. The molecule has 1 saturated heterocycles. The molecular weight excluding hydrogens is 332 g/mol. The molecule has 1 unspecified atom stereocenters. The van der Waals surface area contributed by atoms with Crippen LogP contribution in [0.4, 0.5) is 0 Å². The molecule has 0 spiro atoms. The quantitative estimate of drug-likeness (QED) is 0.821. The first-order chi connectivity index (χ1) is 12.6. The maximum atomic E-state index is 12.6. The topological polar surface area (TPSA) is 70.7 Å². The molecule has 1 amide bonds. The number of rotatable bonds is 7. The Labute approximate surface area is 153 Å². The minimum Gasteiger partial charge on any atom is -0.497 e. The van der Waals surface area contributed by atoms with Gasteiger partial charge in [-0.25, -0.2) is 0 Å². The first kappa shape index (κ1) is 18.3. The van der Waals surface area contributed by atoms with E-state index in [1.165, 1.54) is 6.42 Å². The van der Waals surface area contributed by atoms with Crippen molar-refractivity contribution < 1.29 is 14.3 Å². The van der Waals surface area contributed by atoms with Gasteiger partial charge in [-0.15, -0.1) is 0 Å². The number of hydrogen-bond donors (Lipinski definition) is 1. The summed E-state index contributed by atoms with van der Waals surface area (Å²) < 4.78 is 10.9. The summed E-state index contributed by atoms with van der Waals surface area (Å²) in [6.07, 6.45) is 2.33. The highest BCUT2D eigenvalue weighted by molar-refractivity contribution is 5.92. The van der Waals surface area contributed by atoms with Crippen molar-refractivity contribution in [3.8, 4) is 11.5 Å². The van der Waals surface area contributed by atoms with Crippen LogP contribution in [-0.2, 0) is 6.61 Å². The summed E-state index contributed by atoms with van der Waals surface area (Å²) >= 11 is 0. The second-order valence-electron chi connectivity index (χ2n) is 6.71. The van der Waals surface area contributed by atoms with Gasteiger partial charge < -0.3 is 19.3 Å². The number of nitrogens with zero attached hydrogens (tertiary/aromatic N) is 3. The predicted octanol–water partition coefficient (Wildman–Crippen LogP) is 2.16. The van der Waals surface area contributed by atoms with E-state index < -0.39 is 0 Å². The van der Waals surface area contributed by atoms with Crippen LogP contribution < -0.4 is 9.47 Å². The van der Waals surface area contributed by atoms with E-state index in [2.05, 4.69) is 22.1 Å². The van der Waals surface area contributed by atoms with Crippen LogP contribution in [0.1, 0.15) is 29.0 Å². The molecule has 1 atom stereocenters. The van der Waals surface area contributed by atoms with E-state index in [4.69, 9.17) is 9.47 Å². The summed E-state index contributed by atoms with van der Waals surface area (Å²) in [6, 6.07) is 9.57. The largest absolute Gasteiger partial charge is 0.497 e. The van der Waals surface area contributed by atoms with E-state index in [-0.39, 0.29) is 5.91 Å². The molecule has 0 radical (unpaired) electrons. The third kappa shape index (κ3) is 4.35. The number of carbonyl (C=O) groups is 1. The second-order valence-corrected chi connectivity index (χ2v) is 6.71. The molecule has 0 aliphatic carbocycles. The zero-order valence-corrected chi connectivity index (χ0v) is 15.6. The maximum absolute atomic E-state index is 12.6. The molecule has 7 heteroatoms. The number of methoxy groups -OCH3 is 1. The van der Waals surface area contributed by atoms with Gasteiger partial charge in [0.1, 0.15) is 18.1 Å². The fourth-order valence-corrected chi connectivity index (χ4v) is 3.20. The number of carbonyl (C=O) groups excluding carboxylic acids is 1. The second kappa shape index (κ2) is 8.23. The highest BCUT2D eigenvalue weighted by Crippen LogP contribution is 2.20. The molecule has 3 rings (SSSR count). The Morgan fingerprint density at radius 1 is 1.38 bits per heavy atom. The normalized spacial score (nSPS) is 17.3. The minimum atomic E-state index is -0.0748. The van der Waals surface area contributed by atoms with Crippen LogP contribution >= 0.6 is 0 Å². The van der Waals surface area contributed by atoms with E-state index in [0.717, 1.165) is 31.0 Å².